The molecular formula is C34H44O5. The predicted molar refractivity (Wildman–Crippen MR) is 158 cm³/mol. The molecule has 0 aliphatic heterocycles. The van der Waals surface area contributed by atoms with Crippen LogP contribution in [0, 0.1) is 0 Å². The summed E-state index contributed by atoms with van der Waals surface area (Å²) in [7, 11) is 0. The van der Waals surface area contributed by atoms with Crippen LogP contribution >= 0.6 is 0 Å². The van der Waals surface area contributed by atoms with Crippen molar-refractivity contribution in [3.8, 4) is 11.5 Å². The molecule has 1 atom stereocenters. The summed E-state index contributed by atoms with van der Waals surface area (Å²) >= 11 is 0. The molecule has 3 aromatic carbocycles. The standard InChI is InChI=1S/C34H44O5/c1-4-6-8-10-11-13-23-37-31-20-17-27(18-21-31)33(35)39-32-22-19-28-24-30(16-15-29(28)25-32)34(36)38-26(3)14-12-9-7-5-2/h15-22,24-26H,4-14,23H2,1-3H3/t26-/m0/s1. The Labute approximate surface area is 233 Å². The SMILES string of the molecule is CCCCCCCCOc1ccc(C(=O)Oc2ccc3cc(C(=O)O[C@@H](C)CCCCCC)ccc3c2)cc1. The highest BCUT2D eigenvalue weighted by Gasteiger charge is 2.14. The van der Waals surface area contributed by atoms with Gasteiger partial charge in [-0.25, -0.2) is 9.59 Å². The summed E-state index contributed by atoms with van der Waals surface area (Å²) in [6.45, 7) is 7.04. The third-order valence-electron chi connectivity index (χ3n) is 6.89. The minimum Gasteiger partial charge on any atom is -0.494 e. The van der Waals surface area contributed by atoms with E-state index in [1.165, 1.54) is 51.4 Å². The molecule has 3 aromatic rings. The van der Waals surface area contributed by atoms with Gasteiger partial charge in [-0.05, 0) is 85.5 Å². The van der Waals surface area contributed by atoms with Crippen LogP contribution in [0.1, 0.15) is 112 Å². The van der Waals surface area contributed by atoms with Crippen molar-refractivity contribution in [2.75, 3.05) is 6.61 Å². The van der Waals surface area contributed by atoms with Gasteiger partial charge >= 0.3 is 11.9 Å². The van der Waals surface area contributed by atoms with E-state index < -0.39 is 5.97 Å². The van der Waals surface area contributed by atoms with Gasteiger partial charge in [0.1, 0.15) is 11.5 Å². The molecule has 5 nitrogen and oxygen atoms in total. The van der Waals surface area contributed by atoms with Crippen LogP contribution in [-0.4, -0.2) is 24.6 Å². The topological polar surface area (TPSA) is 61.8 Å². The predicted octanol–water partition coefficient (Wildman–Crippen LogP) is 9.31. The van der Waals surface area contributed by atoms with Crippen molar-refractivity contribution in [2.24, 2.45) is 0 Å². The molecule has 0 amide bonds. The summed E-state index contributed by atoms with van der Waals surface area (Å²) in [6, 6.07) is 17.9. The molecule has 0 radical (unpaired) electrons. The van der Waals surface area contributed by atoms with E-state index in [0.29, 0.717) is 23.5 Å². The van der Waals surface area contributed by atoms with Crippen LogP contribution in [0.4, 0.5) is 0 Å². The molecule has 0 aliphatic carbocycles. The van der Waals surface area contributed by atoms with Crippen LogP contribution in [-0.2, 0) is 4.74 Å². The minimum absolute atomic E-state index is 0.104. The first-order valence-corrected chi connectivity index (χ1v) is 14.7. The highest BCUT2D eigenvalue weighted by atomic mass is 16.5. The van der Waals surface area contributed by atoms with Crippen molar-refractivity contribution < 1.29 is 23.8 Å². The first kappa shape index (κ1) is 30.2. The Bertz CT molecular complexity index is 1170. The van der Waals surface area contributed by atoms with Crippen molar-refractivity contribution in [1.82, 2.24) is 0 Å². The molecule has 0 heterocycles. The van der Waals surface area contributed by atoms with Crippen molar-refractivity contribution in [1.29, 1.82) is 0 Å². The summed E-state index contributed by atoms with van der Waals surface area (Å²) in [6.07, 6.45) is 12.7. The number of hydrogen-bond donors (Lipinski definition) is 0. The molecule has 0 N–H and O–H groups in total. The fraction of sp³-hybridized carbons (Fsp3) is 0.471. The van der Waals surface area contributed by atoms with E-state index in [2.05, 4.69) is 13.8 Å². The van der Waals surface area contributed by atoms with E-state index in [1.807, 2.05) is 25.1 Å². The van der Waals surface area contributed by atoms with Crippen molar-refractivity contribution in [3.63, 3.8) is 0 Å². The lowest BCUT2D eigenvalue weighted by atomic mass is 10.1. The highest BCUT2D eigenvalue weighted by Crippen LogP contribution is 2.24. The monoisotopic (exact) mass is 532 g/mol. The van der Waals surface area contributed by atoms with Gasteiger partial charge in [0.2, 0.25) is 0 Å². The highest BCUT2D eigenvalue weighted by molar-refractivity contribution is 5.96. The van der Waals surface area contributed by atoms with Gasteiger partial charge in [-0.15, -0.1) is 0 Å². The Hall–Kier alpha value is -3.34. The summed E-state index contributed by atoms with van der Waals surface area (Å²) in [5.74, 6) is 0.470. The number of ether oxygens (including phenoxy) is 3. The maximum Gasteiger partial charge on any atom is 0.343 e. The van der Waals surface area contributed by atoms with Gasteiger partial charge in [-0.1, -0.05) is 77.3 Å². The lowest BCUT2D eigenvalue weighted by Gasteiger charge is -2.13. The zero-order valence-electron chi connectivity index (χ0n) is 23.9. The van der Waals surface area contributed by atoms with E-state index >= 15 is 0 Å². The zero-order chi connectivity index (χ0) is 27.9. The van der Waals surface area contributed by atoms with Gasteiger partial charge in [0, 0.05) is 0 Å². The van der Waals surface area contributed by atoms with E-state index in [0.717, 1.165) is 35.8 Å². The van der Waals surface area contributed by atoms with Crippen LogP contribution in [0.2, 0.25) is 0 Å². The molecule has 5 heteroatoms. The summed E-state index contributed by atoms with van der Waals surface area (Å²) < 4.78 is 17.0. The number of carbonyl (C=O) groups excluding carboxylic acids is 2. The normalized spacial score (nSPS) is 11.8. The number of fused-ring (bicyclic) bond motifs is 1. The van der Waals surface area contributed by atoms with Gasteiger partial charge in [-0.3, -0.25) is 0 Å². The van der Waals surface area contributed by atoms with E-state index in [4.69, 9.17) is 14.2 Å². The summed E-state index contributed by atoms with van der Waals surface area (Å²) in [5, 5.41) is 1.76. The molecule has 0 unspecified atom stereocenters. The van der Waals surface area contributed by atoms with Crippen LogP contribution in [0.3, 0.4) is 0 Å². The molecule has 3 rings (SSSR count). The quantitative estimate of drug-likeness (QED) is 0.0984. The Balaban J connectivity index is 1.49. The number of hydrogen-bond acceptors (Lipinski definition) is 5. The second kappa shape index (κ2) is 16.6. The molecule has 0 aliphatic rings. The van der Waals surface area contributed by atoms with Crippen LogP contribution < -0.4 is 9.47 Å². The fourth-order valence-electron chi connectivity index (χ4n) is 4.51. The maximum absolute atomic E-state index is 12.7. The summed E-state index contributed by atoms with van der Waals surface area (Å²) in [4.78, 5) is 25.3. The lowest BCUT2D eigenvalue weighted by Crippen LogP contribution is -2.15. The number of carbonyl (C=O) groups is 2. The molecule has 0 bridgehead atoms. The second-order valence-corrected chi connectivity index (χ2v) is 10.3. The first-order valence-electron chi connectivity index (χ1n) is 14.7. The Morgan fingerprint density at radius 3 is 1.97 bits per heavy atom. The van der Waals surface area contributed by atoms with Gasteiger partial charge in [0.25, 0.3) is 0 Å². The Kier molecular flexibility index (Phi) is 12.8. The van der Waals surface area contributed by atoms with Crippen LogP contribution in [0.15, 0.2) is 60.7 Å². The molecule has 0 spiro atoms. The lowest BCUT2D eigenvalue weighted by molar-refractivity contribution is 0.0319. The smallest absolute Gasteiger partial charge is 0.343 e. The molecule has 0 aromatic heterocycles. The average Bonchev–Trinajstić information content (AvgIpc) is 2.95. The molecular weight excluding hydrogens is 488 g/mol. The second-order valence-electron chi connectivity index (χ2n) is 10.3. The van der Waals surface area contributed by atoms with Gasteiger partial charge in [-0.2, -0.15) is 0 Å². The van der Waals surface area contributed by atoms with Crippen molar-refractivity contribution in [3.05, 3.63) is 71.8 Å². The molecule has 39 heavy (non-hydrogen) atoms. The summed E-state index contributed by atoms with van der Waals surface area (Å²) in [5.41, 5.74) is 0.982. The number of esters is 2. The fourth-order valence-corrected chi connectivity index (χ4v) is 4.51. The largest absolute Gasteiger partial charge is 0.494 e. The number of benzene rings is 3. The Morgan fingerprint density at radius 2 is 1.23 bits per heavy atom. The maximum atomic E-state index is 12.7. The minimum atomic E-state index is -0.426. The van der Waals surface area contributed by atoms with Crippen LogP contribution in [0.25, 0.3) is 10.8 Å². The van der Waals surface area contributed by atoms with Crippen molar-refractivity contribution >= 4 is 22.7 Å². The third-order valence-corrected chi connectivity index (χ3v) is 6.89. The van der Waals surface area contributed by atoms with Crippen LogP contribution in [0.5, 0.6) is 11.5 Å². The van der Waals surface area contributed by atoms with E-state index in [-0.39, 0.29) is 12.1 Å². The molecule has 210 valence electrons. The van der Waals surface area contributed by atoms with E-state index in [1.54, 1.807) is 42.5 Å². The molecule has 0 saturated heterocycles. The number of unbranched alkanes of at least 4 members (excludes halogenated alkanes) is 8. The van der Waals surface area contributed by atoms with Gasteiger partial charge in [0.15, 0.2) is 0 Å². The molecule has 0 saturated carbocycles. The van der Waals surface area contributed by atoms with Gasteiger partial charge in [0.05, 0.1) is 23.8 Å². The Morgan fingerprint density at radius 1 is 0.641 bits per heavy atom. The van der Waals surface area contributed by atoms with Gasteiger partial charge < -0.3 is 14.2 Å². The number of rotatable bonds is 17. The van der Waals surface area contributed by atoms with E-state index in [9.17, 15) is 9.59 Å². The van der Waals surface area contributed by atoms with Crippen molar-refractivity contribution in [2.45, 2.75) is 97.5 Å². The average molecular weight is 533 g/mol. The molecule has 0 fully saturated rings. The zero-order valence-corrected chi connectivity index (χ0v) is 23.9. The third kappa shape index (κ3) is 10.4. The first-order chi connectivity index (χ1) is 19.0.